The summed E-state index contributed by atoms with van der Waals surface area (Å²) >= 11 is 0. The predicted molar refractivity (Wildman–Crippen MR) is 119 cm³/mol. The van der Waals surface area contributed by atoms with Crippen LogP contribution in [0.1, 0.15) is 33.9 Å². The van der Waals surface area contributed by atoms with Crippen molar-refractivity contribution in [3.05, 3.63) is 30.5 Å². The molecule has 0 saturated carbocycles. The van der Waals surface area contributed by atoms with Gasteiger partial charge in [0.2, 0.25) is 0 Å². The van der Waals surface area contributed by atoms with Gasteiger partial charge in [-0.3, -0.25) is 19.2 Å². The van der Waals surface area contributed by atoms with Gasteiger partial charge in [0.25, 0.3) is 0 Å². The van der Waals surface area contributed by atoms with E-state index >= 15 is 0 Å². The van der Waals surface area contributed by atoms with Crippen LogP contribution in [-0.4, -0.2) is 77.0 Å². The van der Waals surface area contributed by atoms with Crippen molar-refractivity contribution in [3.8, 4) is 17.0 Å². The molecule has 1 saturated heterocycles. The van der Waals surface area contributed by atoms with E-state index in [2.05, 4.69) is 10.3 Å². The van der Waals surface area contributed by atoms with Gasteiger partial charge in [0.15, 0.2) is 24.5 Å². The molecule has 0 amide bonds. The van der Waals surface area contributed by atoms with Crippen molar-refractivity contribution in [1.82, 2.24) is 15.0 Å². The fraction of sp³-hybridized carbons (Fsp3) is 0.478. The molecule has 13 nitrogen and oxygen atoms in total. The number of rotatable bonds is 8. The predicted octanol–water partition coefficient (Wildman–Crippen LogP) is 1.21. The molecule has 0 aliphatic carbocycles. The summed E-state index contributed by atoms with van der Waals surface area (Å²) in [6, 6.07) is 7.06. The smallest absolute Gasteiger partial charge is 0.303 e. The lowest BCUT2D eigenvalue weighted by atomic mass is 9.97. The molecule has 5 atom stereocenters. The van der Waals surface area contributed by atoms with Crippen LogP contribution in [0.4, 0.5) is 0 Å². The number of aromatic nitrogens is 3. The Kier molecular flexibility index (Phi) is 8.59. The Morgan fingerprint density at radius 2 is 1.44 bits per heavy atom. The summed E-state index contributed by atoms with van der Waals surface area (Å²) in [5, 5.41) is 8.27. The van der Waals surface area contributed by atoms with Gasteiger partial charge in [0, 0.05) is 33.3 Å². The lowest BCUT2D eigenvalue weighted by Crippen LogP contribution is -2.60. The number of ether oxygens (including phenoxy) is 6. The van der Waals surface area contributed by atoms with E-state index in [0.717, 1.165) is 20.8 Å². The van der Waals surface area contributed by atoms with Gasteiger partial charge >= 0.3 is 23.9 Å². The normalized spacial score (nSPS) is 23.3. The quantitative estimate of drug-likeness (QED) is 0.374. The van der Waals surface area contributed by atoms with Gasteiger partial charge in [-0.05, 0) is 24.3 Å². The molecule has 1 aromatic carbocycles. The number of benzene rings is 1. The summed E-state index contributed by atoms with van der Waals surface area (Å²) in [6.07, 6.45) is -4.56. The fourth-order valence-electron chi connectivity index (χ4n) is 3.71. The largest absolute Gasteiger partial charge is 0.497 e. The van der Waals surface area contributed by atoms with E-state index in [9.17, 15) is 19.2 Å². The maximum absolute atomic E-state index is 12.0. The summed E-state index contributed by atoms with van der Waals surface area (Å²) in [6.45, 7) is 4.33. The van der Waals surface area contributed by atoms with Gasteiger partial charge in [0.1, 0.15) is 24.2 Å². The van der Waals surface area contributed by atoms with Crippen LogP contribution in [0.5, 0.6) is 5.75 Å². The topological polar surface area (TPSA) is 154 Å². The molecule has 2 aromatic rings. The summed E-state index contributed by atoms with van der Waals surface area (Å²) in [4.78, 5) is 47.2. The molecule has 2 heterocycles. The molecule has 194 valence electrons. The van der Waals surface area contributed by atoms with Crippen LogP contribution in [0.25, 0.3) is 11.3 Å². The van der Waals surface area contributed by atoms with E-state index in [0.29, 0.717) is 17.0 Å². The number of esters is 4. The van der Waals surface area contributed by atoms with E-state index in [1.807, 2.05) is 0 Å². The average molecular weight is 505 g/mol. The fourth-order valence-corrected chi connectivity index (χ4v) is 3.71. The molecule has 1 aliphatic heterocycles. The molecular weight excluding hydrogens is 478 g/mol. The first-order chi connectivity index (χ1) is 17.1. The molecule has 13 heteroatoms. The van der Waals surface area contributed by atoms with E-state index < -0.39 is 54.5 Å². The zero-order valence-electron chi connectivity index (χ0n) is 20.4. The molecule has 1 aromatic heterocycles. The van der Waals surface area contributed by atoms with Gasteiger partial charge in [-0.25, -0.2) is 4.68 Å². The van der Waals surface area contributed by atoms with Gasteiger partial charge in [0.05, 0.1) is 13.3 Å². The Morgan fingerprint density at radius 3 is 2.00 bits per heavy atom. The SMILES string of the molecule is COc1ccc(-c2cn([C@@H]3O[C@H](COC(C)=O)[C@@H](OC(C)=O)[C@H](OC(C)=O)[C@H]3OC(C)=O)nn2)cc1. The molecular formula is C23H27N3O10. The van der Waals surface area contributed by atoms with Crippen molar-refractivity contribution in [1.29, 1.82) is 0 Å². The van der Waals surface area contributed by atoms with Crippen molar-refractivity contribution in [2.45, 2.75) is 58.3 Å². The van der Waals surface area contributed by atoms with Crippen LogP contribution in [0.3, 0.4) is 0 Å². The maximum atomic E-state index is 12.0. The second-order valence-electron chi connectivity index (χ2n) is 7.90. The summed E-state index contributed by atoms with van der Waals surface area (Å²) in [5.41, 5.74) is 1.18. The van der Waals surface area contributed by atoms with Gasteiger partial charge in [-0.2, -0.15) is 0 Å². The highest BCUT2D eigenvalue weighted by atomic mass is 16.7. The van der Waals surface area contributed by atoms with E-state index in [1.54, 1.807) is 37.6 Å². The molecule has 1 aliphatic rings. The molecule has 0 unspecified atom stereocenters. The number of nitrogens with zero attached hydrogens (tertiary/aromatic N) is 3. The van der Waals surface area contributed by atoms with Gasteiger partial charge < -0.3 is 28.4 Å². The standard InChI is InChI=1S/C23H27N3O10/c1-12(27)32-11-19-20(33-13(2)28)21(34-14(3)29)22(35-15(4)30)23(36-19)26-10-18(24-25-26)16-6-8-17(31-5)9-7-16/h6-10,19-23H,11H2,1-5H3/t19-,20-,21+,22-,23-/m1/s1. The second kappa shape index (κ2) is 11.6. The highest BCUT2D eigenvalue weighted by Crippen LogP contribution is 2.35. The molecule has 36 heavy (non-hydrogen) atoms. The summed E-state index contributed by atoms with van der Waals surface area (Å²) < 4.78 is 33.9. The van der Waals surface area contributed by atoms with Crippen molar-refractivity contribution in [3.63, 3.8) is 0 Å². The number of hydrogen-bond donors (Lipinski definition) is 0. The Hall–Kier alpha value is -4.00. The Balaban J connectivity index is 2.02. The van der Waals surface area contributed by atoms with Crippen LogP contribution in [0, 0.1) is 0 Å². The van der Waals surface area contributed by atoms with E-state index in [1.165, 1.54) is 11.6 Å². The van der Waals surface area contributed by atoms with Crippen molar-refractivity contribution >= 4 is 23.9 Å². The van der Waals surface area contributed by atoms with Crippen LogP contribution >= 0.6 is 0 Å². The third-order valence-electron chi connectivity index (χ3n) is 5.12. The van der Waals surface area contributed by atoms with Crippen LogP contribution in [0.15, 0.2) is 30.5 Å². The zero-order chi connectivity index (χ0) is 26.4. The Bertz CT molecular complexity index is 1100. The van der Waals surface area contributed by atoms with Crippen molar-refractivity contribution in [2.24, 2.45) is 0 Å². The third-order valence-corrected chi connectivity index (χ3v) is 5.12. The lowest BCUT2D eigenvalue weighted by Gasteiger charge is -2.44. The first kappa shape index (κ1) is 26.6. The van der Waals surface area contributed by atoms with Crippen molar-refractivity contribution in [2.75, 3.05) is 13.7 Å². The first-order valence-electron chi connectivity index (χ1n) is 11.0. The third kappa shape index (κ3) is 6.56. The Labute approximate surface area is 206 Å². The zero-order valence-corrected chi connectivity index (χ0v) is 20.4. The highest BCUT2D eigenvalue weighted by Gasteiger charge is 2.53. The van der Waals surface area contributed by atoms with Crippen LogP contribution in [0.2, 0.25) is 0 Å². The summed E-state index contributed by atoms with van der Waals surface area (Å²) in [7, 11) is 1.55. The van der Waals surface area contributed by atoms with Crippen molar-refractivity contribution < 1.29 is 47.6 Å². The molecule has 0 radical (unpaired) electrons. The number of hydrogen-bond acceptors (Lipinski definition) is 12. The van der Waals surface area contributed by atoms with Crippen LogP contribution < -0.4 is 4.74 Å². The minimum absolute atomic E-state index is 0.339. The molecule has 1 fully saturated rings. The molecule has 0 bridgehead atoms. The monoisotopic (exact) mass is 505 g/mol. The molecule has 0 spiro atoms. The minimum atomic E-state index is -1.30. The molecule has 3 rings (SSSR count). The molecule has 0 N–H and O–H groups in total. The first-order valence-corrected chi connectivity index (χ1v) is 11.0. The van der Waals surface area contributed by atoms with E-state index in [4.69, 9.17) is 28.4 Å². The van der Waals surface area contributed by atoms with Gasteiger partial charge in [-0.1, -0.05) is 5.21 Å². The second-order valence-corrected chi connectivity index (χ2v) is 7.90. The highest BCUT2D eigenvalue weighted by molar-refractivity contribution is 5.68. The lowest BCUT2D eigenvalue weighted by molar-refractivity contribution is -0.270. The maximum Gasteiger partial charge on any atom is 0.303 e. The van der Waals surface area contributed by atoms with E-state index in [-0.39, 0.29) is 6.61 Å². The van der Waals surface area contributed by atoms with Gasteiger partial charge in [-0.15, -0.1) is 5.10 Å². The number of carbonyl (C=O) groups is 4. The average Bonchev–Trinajstić information content (AvgIpc) is 3.29. The number of methoxy groups -OCH3 is 1. The summed E-state index contributed by atoms with van der Waals surface area (Å²) in [5.74, 6) is -2.09. The van der Waals surface area contributed by atoms with Crippen LogP contribution in [-0.2, 0) is 42.9 Å². The minimum Gasteiger partial charge on any atom is -0.497 e. The number of carbonyl (C=O) groups excluding carboxylic acids is 4. The Morgan fingerprint density at radius 1 is 0.861 bits per heavy atom.